The molecule has 0 bridgehead atoms. The van der Waals surface area contributed by atoms with Crippen molar-refractivity contribution in [3.8, 4) is 0 Å². The zero-order valence-corrected chi connectivity index (χ0v) is 13.8. The highest BCUT2D eigenvalue weighted by atomic mass is 16.5. The van der Waals surface area contributed by atoms with Gasteiger partial charge in [-0.3, -0.25) is 0 Å². The molecule has 118 valence electrons. The lowest BCUT2D eigenvalue weighted by Crippen LogP contribution is -2.53. The molecule has 5 heteroatoms. The van der Waals surface area contributed by atoms with Crippen molar-refractivity contribution in [3.63, 3.8) is 0 Å². The van der Waals surface area contributed by atoms with E-state index in [0.29, 0.717) is 0 Å². The van der Waals surface area contributed by atoms with Gasteiger partial charge in [-0.2, -0.15) is 0 Å². The van der Waals surface area contributed by atoms with Gasteiger partial charge in [0.2, 0.25) is 0 Å². The molecule has 0 radical (unpaired) electrons. The minimum absolute atomic E-state index is 0.0403. The number of urea groups is 1. The van der Waals surface area contributed by atoms with E-state index in [-0.39, 0.29) is 35.7 Å². The van der Waals surface area contributed by atoms with Crippen LogP contribution in [0.4, 0.5) is 4.79 Å². The summed E-state index contributed by atoms with van der Waals surface area (Å²) in [5, 5.41) is 15.8. The van der Waals surface area contributed by atoms with Gasteiger partial charge in [0.25, 0.3) is 0 Å². The van der Waals surface area contributed by atoms with E-state index in [4.69, 9.17) is 4.74 Å². The van der Waals surface area contributed by atoms with Crippen molar-refractivity contribution in [3.05, 3.63) is 0 Å². The third-order valence-corrected chi connectivity index (χ3v) is 4.23. The molecule has 0 spiro atoms. The number of nitrogens with one attached hydrogen (secondary N) is 2. The quantitative estimate of drug-likeness (QED) is 0.740. The van der Waals surface area contributed by atoms with Crippen molar-refractivity contribution in [2.75, 3.05) is 6.54 Å². The first-order chi connectivity index (χ1) is 8.86. The van der Waals surface area contributed by atoms with E-state index in [9.17, 15) is 9.90 Å². The van der Waals surface area contributed by atoms with Crippen LogP contribution in [0.1, 0.15) is 54.9 Å². The molecule has 0 aliphatic carbocycles. The molecule has 1 fully saturated rings. The van der Waals surface area contributed by atoms with Gasteiger partial charge >= 0.3 is 6.03 Å². The molecule has 1 rings (SSSR count). The van der Waals surface area contributed by atoms with Gasteiger partial charge in [0.15, 0.2) is 0 Å². The monoisotopic (exact) mass is 286 g/mol. The van der Waals surface area contributed by atoms with Crippen LogP contribution in [0, 0.1) is 5.92 Å². The Morgan fingerprint density at radius 3 is 2.35 bits per heavy atom. The number of hydrogen-bond acceptors (Lipinski definition) is 3. The van der Waals surface area contributed by atoms with E-state index in [1.165, 1.54) is 0 Å². The molecule has 2 atom stereocenters. The molecular formula is C15H30N2O3. The van der Waals surface area contributed by atoms with Gasteiger partial charge in [0, 0.05) is 6.54 Å². The topological polar surface area (TPSA) is 70.6 Å². The molecule has 2 unspecified atom stereocenters. The van der Waals surface area contributed by atoms with Crippen LogP contribution in [0.15, 0.2) is 0 Å². The minimum Gasteiger partial charge on any atom is -0.388 e. The molecule has 1 aliphatic heterocycles. The maximum atomic E-state index is 12.0. The Morgan fingerprint density at radius 2 is 1.95 bits per heavy atom. The van der Waals surface area contributed by atoms with Gasteiger partial charge in [0.1, 0.15) is 0 Å². The van der Waals surface area contributed by atoms with Crippen molar-refractivity contribution in [2.24, 2.45) is 5.92 Å². The number of ether oxygens (including phenoxy) is 1. The maximum Gasteiger partial charge on any atom is 0.315 e. The van der Waals surface area contributed by atoms with Gasteiger partial charge in [-0.25, -0.2) is 4.79 Å². The van der Waals surface area contributed by atoms with Crippen LogP contribution in [0.2, 0.25) is 0 Å². The Bertz CT molecular complexity index is 362. The summed E-state index contributed by atoms with van der Waals surface area (Å²) in [6, 6.07) is -0.299. The number of carbonyl (C=O) groups excluding carboxylic acids is 1. The second-order valence-electron chi connectivity index (χ2n) is 7.56. The standard InChI is InChI=1S/C15H30N2O3/c1-10(2)15(7,19)9-16-12(18)17-11-8-13(3,4)20-14(11,5)6/h10-11,19H,8-9H2,1-7H3,(H2,16,17,18). The van der Waals surface area contributed by atoms with Gasteiger partial charge in [0.05, 0.1) is 22.8 Å². The fourth-order valence-corrected chi connectivity index (χ4v) is 2.46. The van der Waals surface area contributed by atoms with E-state index in [1.54, 1.807) is 6.92 Å². The average molecular weight is 286 g/mol. The largest absolute Gasteiger partial charge is 0.388 e. The molecule has 1 saturated heterocycles. The molecule has 0 aromatic heterocycles. The Kier molecular flexibility index (Phi) is 4.76. The number of aliphatic hydroxyl groups is 1. The van der Waals surface area contributed by atoms with E-state index < -0.39 is 5.60 Å². The minimum atomic E-state index is -0.904. The fraction of sp³-hybridized carbons (Fsp3) is 0.933. The van der Waals surface area contributed by atoms with Crippen molar-refractivity contribution in [1.29, 1.82) is 0 Å². The lowest BCUT2D eigenvalue weighted by atomic mass is 9.92. The van der Waals surface area contributed by atoms with Crippen LogP contribution in [-0.2, 0) is 4.74 Å². The van der Waals surface area contributed by atoms with E-state index in [2.05, 4.69) is 10.6 Å². The summed E-state index contributed by atoms with van der Waals surface area (Å²) in [6.07, 6.45) is 0.772. The summed E-state index contributed by atoms with van der Waals surface area (Å²) < 4.78 is 5.94. The van der Waals surface area contributed by atoms with E-state index in [0.717, 1.165) is 6.42 Å². The van der Waals surface area contributed by atoms with Crippen molar-refractivity contribution >= 4 is 6.03 Å². The lowest BCUT2D eigenvalue weighted by molar-refractivity contribution is -0.0691. The van der Waals surface area contributed by atoms with Crippen molar-refractivity contribution in [2.45, 2.75) is 77.7 Å². The summed E-state index contributed by atoms with van der Waals surface area (Å²) in [4.78, 5) is 12.0. The number of hydrogen-bond donors (Lipinski definition) is 3. The molecular weight excluding hydrogens is 256 g/mol. The van der Waals surface area contributed by atoms with E-state index >= 15 is 0 Å². The SMILES string of the molecule is CC(C)C(C)(O)CNC(=O)NC1CC(C)(C)OC1(C)C. The summed E-state index contributed by atoms with van der Waals surface area (Å²) in [6.45, 7) is 13.8. The van der Waals surface area contributed by atoms with Gasteiger partial charge < -0.3 is 20.5 Å². The highest BCUT2D eigenvalue weighted by molar-refractivity contribution is 5.74. The maximum absolute atomic E-state index is 12.0. The number of amides is 2. The highest BCUT2D eigenvalue weighted by Gasteiger charge is 2.46. The Hall–Kier alpha value is -0.810. The van der Waals surface area contributed by atoms with Crippen molar-refractivity contribution in [1.82, 2.24) is 10.6 Å². The fourth-order valence-electron chi connectivity index (χ4n) is 2.46. The Labute approximate surface area is 122 Å². The molecule has 1 heterocycles. The first-order valence-electron chi connectivity index (χ1n) is 7.33. The molecule has 0 aromatic carbocycles. The molecule has 0 saturated carbocycles. The predicted molar refractivity (Wildman–Crippen MR) is 79.6 cm³/mol. The van der Waals surface area contributed by atoms with Gasteiger partial charge in [-0.1, -0.05) is 13.8 Å². The first-order valence-corrected chi connectivity index (χ1v) is 7.33. The van der Waals surface area contributed by atoms with Gasteiger partial charge in [-0.15, -0.1) is 0 Å². The summed E-state index contributed by atoms with van der Waals surface area (Å²) in [5.41, 5.74) is -1.52. The Morgan fingerprint density at radius 1 is 1.40 bits per heavy atom. The van der Waals surface area contributed by atoms with Crippen LogP contribution in [-0.4, -0.2) is 40.5 Å². The van der Waals surface area contributed by atoms with Crippen LogP contribution >= 0.6 is 0 Å². The molecule has 0 aromatic rings. The van der Waals surface area contributed by atoms with Gasteiger partial charge in [-0.05, 0) is 47.0 Å². The second-order valence-corrected chi connectivity index (χ2v) is 7.56. The molecule has 5 nitrogen and oxygen atoms in total. The smallest absolute Gasteiger partial charge is 0.315 e. The predicted octanol–water partition coefficient (Wildman–Crippen LogP) is 2.04. The summed E-state index contributed by atoms with van der Waals surface area (Å²) in [5.74, 6) is 0.0768. The normalized spacial score (nSPS) is 27.1. The third-order valence-electron chi connectivity index (χ3n) is 4.23. The van der Waals surface area contributed by atoms with Crippen molar-refractivity contribution < 1.29 is 14.6 Å². The summed E-state index contributed by atoms with van der Waals surface area (Å²) in [7, 11) is 0. The van der Waals surface area contributed by atoms with Crippen LogP contribution in [0.3, 0.4) is 0 Å². The third kappa shape index (κ3) is 4.35. The first kappa shape index (κ1) is 17.2. The number of rotatable bonds is 4. The molecule has 1 aliphatic rings. The van der Waals surface area contributed by atoms with E-state index in [1.807, 2.05) is 41.5 Å². The lowest BCUT2D eigenvalue weighted by Gasteiger charge is -2.30. The molecule has 20 heavy (non-hydrogen) atoms. The average Bonchev–Trinajstić information content (AvgIpc) is 2.43. The summed E-state index contributed by atoms with van der Waals surface area (Å²) >= 11 is 0. The molecule has 2 amide bonds. The second kappa shape index (κ2) is 5.53. The zero-order valence-electron chi connectivity index (χ0n) is 13.8. The zero-order chi connectivity index (χ0) is 15.8. The van der Waals surface area contributed by atoms with Crippen LogP contribution < -0.4 is 10.6 Å². The molecule has 3 N–H and O–H groups in total. The highest BCUT2D eigenvalue weighted by Crippen LogP contribution is 2.37. The number of carbonyl (C=O) groups is 1. The Balaban J connectivity index is 2.52. The van der Waals surface area contributed by atoms with Crippen LogP contribution in [0.5, 0.6) is 0 Å². The van der Waals surface area contributed by atoms with Crippen LogP contribution in [0.25, 0.3) is 0 Å².